The molecule has 2 saturated heterocycles. The van der Waals surface area contributed by atoms with Gasteiger partial charge in [-0.3, -0.25) is 0 Å². The van der Waals surface area contributed by atoms with Gasteiger partial charge >= 0.3 is 5.97 Å². The third-order valence-electron chi connectivity index (χ3n) is 3.29. The molecule has 0 amide bonds. The summed E-state index contributed by atoms with van der Waals surface area (Å²) in [6.07, 6.45) is 1.74. The number of fused-ring (bicyclic) bond motifs is 1. The first-order chi connectivity index (χ1) is 9.88. The van der Waals surface area contributed by atoms with E-state index in [9.17, 15) is 4.79 Å². The third kappa shape index (κ3) is 3.95. The van der Waals surface area contributed by atoms with E-state index in [2.05, 4.69) is 22.6 Å². The van der Waals surface area contributed by atoms with Gasteiger partial charge in [-0.25, -0.2) is 4.79 Å². The summed E-state index contributed by atoms with van der Waals surface area (Å²) in [6, 6.07) is 0. The van der Waals surface area contributed by atoms with Gasteiger partial charge in [-0.05, 0) is 26.8 Å². The predicted octanol–water partition coefficient (Wildman–Crippen LogP) is 1.80. The van der Waals surface area contributed by atoms with Gasteiger partial charge in [-0.2, -0.15) is 0 Å². The number of hydrogen-bond donors (Lipinski definition) is 0. The molecule has 2 fully saturated rings. The Bertz CT molecular complexity index is 410. The average molecular weight is 412 g/mol. The molecule has 0 radical (unpaired) electrons. The van der Waals surface area contributed by atoms with Gasteiger partial charge in [0, 0.05) is 13.2 Å². The van der Waals surface area contributed by atoms with Gasteiger partial charge in [-0.1, -0.05) is 22.6 Å². The molecule has 2 aliphatic heterocycles. The Morgan fingerprint density at radius 3 is 2.62 bits per heavy atom. The van der Waals surface area contributed by atoms with Gasteiger partial charge in [0.2, 0.25) is 0 Å². The maximum absolute atomic E-state index is 11.5. The van der Waals surface area contributed by atoms with E-state index in [1.165, 1.54) is 6.08 Å². The molecule has 5 atom stereocenters. The summed E-state index contributed by atoms with van der Waals surface area (Å²) in [4.78, 5) is 11.5. The van der Waals surface area contributed by atoms with Crippen LogP contribution in [0, 0.1) is 0 Å². The van der Waals surface area contributed by atoms with Crippen LogP contribution in [0.4, 0.5) is 0 Å². The molecule has 2 heterocycles. The van der Waals surface area contributed by atoms with Crippen molar-refractivity contribution >= 4 is 28.6 Å². The zero-order chi connectivity index (χ0) is 15.6. The van der Waals surface area contributed by atoms with Crippen molar-refractivity contribution in [2.24, 2.45) is 0 Å². The Balaban J connectivity index is 2.14. The fourth-order valence-electron chi connectivity index (χ4n) is 2.48. The van der Waals surface area contributed by atoms with Gasteiger partial charge in [0.15, 0.2) is 12.1 Å². The van der Waals surface area contributed by atoms with E-state index in [1.807, 2.05) is 13.8 Å². The van der Waals surface area contributed by atoms with Crippen molar-refractivity contribution < 1.29 is 28.5 Å². The SMILES string of the molecule is CCOC(=O)/C=C\[C@H]1O[C@@H](OC)[C@H](I)[C@H]2OC(C)(C)O[C@H]21. The number of esters is 1. The minimum absolute atomic E-state index is 0.00613. The predicted molar refractivity (Wildman–Crippen MR) is 83.1 cm³/mol. The van der Waals surface area contributed by atoms with Crippen LogP contribution in [0.2, 0.25) is 0 Å². The highest BCUT2D eigenvalue weighted by Crippen LogP contribution is 2.40. The summed E-state index contributed by atoms with van der Waals surface area (Å²) in [5.41, 5.74) is 0. The minimum atomic E-state index is -0.680. The van der Waals surface area contributed by atoms with E-state index < -0.39 is 24.2 Å². The molecule has 0 saturated carbocycles. The molecule has 7 heteroatoms. The highest BCUT2D eigenvalue weighted by molar-refractivity contribution is 14.1. The molecular formula is C14H21IO6. The average Bonchev–Trinajstić information content (AvgIpc) is 2.74. The molecular weight excluding hydrogens is 391 g/mol. The molecule has 6 nitrogen and oxygen atoms in total. The number of carbonyl (C=O) groups excluding carboxylic acids is 1. The molecule has 2 rings (SSSR count). The van der Waals surface area contributed by atoms with Crippen LogP contribution in [0.5, 0.6) is 0 Å². The van der Waals surface area contributed by atoms with Gasteiger partial charge in [0.1, 0.15) is 18.3 Å². The van der Waals surface area contributed by atoms with E-state index >= 15 is 0 Å². The molecule has 120 valence electrons. The summed E-state index contributed by atoms with van der Waals surface area (Å²) < 4.78 is 27.9. The maximum atomic E-state index is 11.5. The Kier molecular flexibility index (Phi) is 5.64. The Hall–Kier alpha value is -0.220. The first kappa shape index (κ1) is 17.1. The first-order valence-electron chi connectivity index (χ1n) is 6.91. The lowest BCUT2D eigenvalue weighted by molar-refractivity contribution is -0.200. The van der Waals surface area contributed by atoms with Crippen molar-refractivity contribution in [2.45, 2.75) is 55.1 Å². The van der Waals surface area contributed by atoms with Crippen LogP contribution in [-0.2, 0) is 28.5 Å². The number of rotatable bonds is 4. The van der Waals surface area contributed by atoms with Gasteiger partial charge in [0.05, 0.1) is 10.5 Å². The highest BCUT2D eigenvalue weighted by Gasteiger charge is 2.54. The summed E-state index contributed by atoms with van der Waals surface area (Å²) in [5, 5.41) is 0. The molecule has 0 aromatic heterocycles. The van der Waals surface area contributed by atoms with E-state index in [4.69, 9.17) is 23.7 Å². The number of carbonyl (C=O) groups is 1. The molecule has 2 aliphatic rings. The van der Waals surface area contributed by atoms with Gasteiger partial charge in [-0.15, -0.1) is 0 Å². The topological polar surface area (TPSA) is 63.2 Å². The summed E-state index contributed by atoms with van der Waals surface area (Å²) in [7, 11) is 1.59. The van der Waals surface area contributed by atoms with Crippen LogP contribution in [-0.4, -0.2) is 54.0 Å². The largest absolute Gasteiger partial charge is 0.463 e. The van der Waals surface area contributed by atoms with Crippen LogP contribution >= 0.6 is 22.6 Å². The Morgan fingerprint density at radius 1 is 1.33 bits per heavy atom. The number of alkyl halides is 1. The summed E-state index contributed by atoms with van der Waals surface area (Å²) in [5.74, 6) is -1.08. The highest BCUT2D eigenvalue weighted by atomic mass is 127. The zero-order valence-electron chi connectivity index (χ0n) is 12.6. The first-order valence-corrected chi connectivity index (χ1v) is 8.15. The van der Waals surface area contributed by atoms with E-state index in [0.29, 0.717) is 6.61 Å². The van der Waals surface area contributed by atoms with Crippen molar-refractivity contribution in [1.82, 2.24) is 0 Å². The lowest BCUT2D eigenvalue weighted by atomic mass is 10.0. The monoisotopic (exact) mass is 412 g/mol. The molecule has 21 heavy (non-hydrogen) atoms. The molecule has 0 bridgehead atoms. The maximum Gasteiger partial charge on any atom is 0.330 e. The number of methoxy groups -OCH3 is 1. The molecule has 0 unspecified atom stereocenters. The molecule has 0 spiro atoms. The molecule has 0 aromatic carbocycles. The summed E-state index contributed by atoms with van der Waals surface area (Å²) in [6.45, 7) is 5.83. The van der Waals surface area contributed by atoms with Gasteiger partial charge in [0.25, 0.3) is 0 Å². The Labute approximate surface area is 138 Å². The molecule has 0 aromatic rings. The second kappa shape index (κ2) is 6.91. The smallest absolute Gasteiger partial charge is 0.330 e. The second-order valence-electron chi connectivity index (χ2n) is 5.33. The lowest BCUT2D eigenvalue weighted by Gasteiger charge is -2.38. The van der Waals surface area contributed by atoms with Crippen molar-refractivity contribution in [3.63, 3.8) is 0 Å². The minimum Gasteiger partial charge on any atom is -0.463 e. The standard InChI is InChI=1S/C14H21IO6/c1-5-18-9(16)7-6-8-11-12(21-14(2,3)20-11)10(15)13(17-4)19-8/h6-8,10-13H,5H2,1-4H3/b7-6-/t8-,10-,11+,12-,13-/m1/s1. The number of halogens is 1. The van der Waals surface area contributed by atoms with E-state index in [0.717, 1.165) is 0 Å². The number of ether oxygens (including phenoxy) is 5. The van der Waals surface area contributed by atoms with Crippen molar-refractivity contribution in [2.75, 3.05) is 13.7 Å². The van der Waals surface area contributed by atoms with Crippen LogP contribution < -0.4 is 0 Å². The van der Waals surface area contributed by atoms with Crippen molar-refractivity contribution in [3.05, 3.63) is 12.2 Å². The fraction of sp³-hybridized carbons (Fsp3) is 0.786. The molecule has 0 aliphatic carbocycles. The fourth-order valence-corrected chi connectivity index (χ4v) is 3.50. The van der Waals surface area contributed by atoms with Gasteiger partial charge < -0.3 is 23.7 Å². The van der Waals surface area contributed by atoms with Crippen molar-refractivity contribution in [3.8, 4) is 0 Å². The van der Waals surface area contributed by atoms with E-state index in [1.54, 1.807) is 20.1 Å². The number of hydrogen-bond acceptors (Lipinski definition) is 6. The van der Waals surface area contributed by atoms with E-state index in [-0.39, 0.29) is 16.1 Å². The second-order valence-corrected chi connectivity index (χ2v) is 6.76. The Morgan fingerprint density at radius 2 is 2.00 bits per heavy atom. The quantitative estimate of drug-likeness (QED) is 0.304. The molecule has 0 N–H and O–H groups in total. The van der Waals surface area contributed by atoms with Crippen molar-refractivity contribution in [1.29, 1.82) is 0 Å². The normalized spacial score (nSPS) is 38.4. The third-order valence-corrected chi connectivity index (χ3v) is 4.59. The summed E-state index contributed by atoms with van der Waals surface area (Å²) >= 11 is 2.25. The zero-order valence-corrected chi connectivity index (χ0v) is 14.7. The van der Waals surface area contributed by atoms with Crippen LogP contribution in [0.1, 0.15) is 20.8 Å². The van der Waals surface area contributed by atoms with Crippen LogP contribution in [0.3, 0.4) is 0 Å². The lowest BCUT2D eigenvalue weighted by Crippen LogP contribution is -2.53. The van der Waals surface area contributed by atoms with Crippen LogP contribution in [0.15, 0.2) is 12.2 Å². The van der Waals surface area contributed by atoms with Crippen LogP contribution in [0.25, 0.3) is 0 Å².